The number of carbonyl (C=O) groups is 2. The maximum absolute atomic E-state index is 13.0. The summed E-state index contributed by atoms with van der Waals surface area (Å²) < 4.78 is 38.6. The highest BCUT2D eigenvalue weighted by Gasteiger charge is 2.36. The van der Waals surface area contributed by atoms with E-state index in [0.29, 0.717) is 23.0 Å². The molecule has 0 fully saturated rings. The summed E-state index contributed by atoms with van der Waals surface area (Å²) in [4.78, 5) is 31.4. The Bertz CT molecular complexity index is 1160. The number of fused-ring (bicyclic) bond motifs is 1. The minimum absolute atomic E-state index is 0.116. The average Bonchev–Trinajstić information content (AvgIpc) is 3.03. The highest BCUT2D eigenvalue weighted by Crippen LogP contribution is 2.35. The molecule has 3 aromatic carbocycles. The normalized spacial score (nSPS) is 14.7. The summed E-state index contributed by atoms with van der Waals surface area (Å²) in [6, 6.07) is 19.4. The van der Waals surface area contributed by atoms with E-state index < -0.39 is 23.6 Å². The second kappa shape index (κ2) is 7.47. The largest absolute Gasteiger partial charge is 0.416 e. The predicted octanol–water partition coefficient (Wildman–Crippen LogP) is 4.94. The number of oxime groups is 1. The van der Waals surface area contributed by atoms with Gasteiger partial charge in [0, 0.05) is 11.3 Å². The fraction of sp³-hybridized carbons (Fsp3) is 0.0455. The van der Waals surface area contributed by atoms with Crippen molar-refractivity contribution >= 4 is 29.0 Å². The Kier molecular flexibility index (Phi) is 4.83. The lowest BCUT2D eigenvalue weighted by Gasteiger charge is -2.16. The zero-order valence-electron chi connectivity index (χ0n) is 15.3. The first-order chi connectivity index (χ1) is 14.4. The van der Waals surface area contributed by atoms with Gasteiger partial charge in [-0.05, 0) is 36.4 Å². The van der Waals surface area contributed by atoms with E-state index in [9.17, 15) is 22.8 Å². The van der Waals surface area contributed by atoms with E-state index in [4.69, 9.17) is 4.84 Å². The Morgan fingerprint density at radius 2 is 1.60 bits per heavy atom. The number of hydrogen-bond acceptors (Lipinski definition) is 4. The summed E-state index contributed by atoms with van der Waals surface area (Å²) >= 11 is 0. The molecule has 150 valence electrons. The van der Waals surface area contributed by atoms with Crippen molar-refractivity contribution in [1.29, 1.82) is 0 Å². The van der Waals surface area contributed by atoms with Crippen LogP contribution >= 0.6 is 0 Å². The van der Waals surface area contributed by atoms with Gasteiger partial charge in [0.1, 0.15) is 0 Å². The fourth-order valence-corrected chi connectivity index (χ4v) is 3.08. The molecule has 0 bridgehead atoms. The monoisotopic (exact) mass is 410 g/mol. The number of amides is 1. The van der Waals surface area contributed by atoms with Crippen LogP contribution in [0.5, 0.6) is 0 Å². The number of hydrogen-bond donors (Lipinski definition) is 0. The molecule has 0 atom stereocenters. The van der Waals surface area contributed by atoms with Crippen LogP contribution in [0.3, 0.4) is 0 Å². The quantitative estimate of drug-likeness (QED) is 0.454. The van der Waals surface area contributed by atoms with E-state index in [0.717, 1.165) is 12.1 Å². The van der Waals surface area contributed by atoms with Gasteiger partial charge >= 0.3 is 12.1 Å². The van der Waals surface area contributed by atoms with Gasteiger partial charge in [-0.3, -0.25) is 9.69 Å². The van der Waals surface area contributed by atoms with Gasteiger partial charge in [0.2, 0.25) is 0 Å². The van der Waals surface area contributed by atoms with Gasteiger partial charge in [-0.2, -0.15) is 13.2 Å². The molecule has 1 aliphatic rings. The molecule has 1 heterocycles. The number of alkyl halides is 3. The molecule has 3 aromatic rings. The summed E-state index contributed by atoms with van der Waals surface area (Å²) in [5, 5.41) is 3.68. The van der Waals surface area contributed by atoms with Crippen LogP contribution in [0, 0.1) is 0 Å². The van der Waals surface area contributed by atoms with Crippen LogP contribution in [0.1, 0.15) is 21.5 Å². The standard InChI is InChI=1S/C22H13F3N2O3/c23-22(24,25)15-8-6-7-14(13-15)21(29)30-26-19-17-11-4-5-12-18(17)27(20(19)28)16-9-2-1-3-10-16/h1-13H. The molecule has 0 radical (unpaired) electrons. The van der Waals surface area contributed by atoms with E-state index >= 15 is 0 Å². The summed E-state index contributed by atoms with van der Waals surface area (Å²) in [5.74, 6) is -1.61. The third-order valence-electron chi connectivity index (χ3n) is 4.47. The minimum Gasteiger partial charge on any atom is -0.312 e. The zero-order chi connectivity index (χ0) is 21.3. The molecule has 5 nitrogen and oxygen atoms in total. The van der Waals surface area contributed by atoms with Gasteiger partial charge in [0.15, 0.2) is 5.71 Å². The van der Waals surface area contributed by atoms with E-state index in [1.165, 1.54) is 11.0 Å². The van der Waals surface area contributed by atoms with Crippen molar-refractivity contribution in [1.82, 2.24) is 0 Å². The van der Waals surface area contributed by atoms with Gasteiger partial charge in [-0.15, -0.1) is 0 Å². The molecule has 0 saturated heterocycles. The number of halogens is 3. The summed E-state index contributed by atoms with van der Waals surface area (Å²) in [5.41, 5.74) is 0.180. The third kappa shape index (κ3) is 3.55. The lowest BCUT2D eigenvalue weighted by molar-refractivity contribution is -0.137. The summed E-state index contributed by atoms with van der Waals surface area (Å²) in [6.07, 6.45) is -4.60. The first-order valence-corrected chi connectivity index (χ1v) is 8.82. The van der Waals surface area contributed by atoms with Gasteiger partial charge in [0.05, 0.1) is 16.8 Å². The zero-order valence-corrected chi connectivity index (χ0v) is 15.3. The smallest absolute Gasteiger partial charge is 0.312 e. The Labute approximate surface area is 169 Å². The lowest BCUT2D eigenvalue weighted by Crippen LogP contribution is -2.25. The molecular formula is C22H13F3N2O3. The number of para-hydroxylation sites is 2. The van der Waals surface area contributed by atoms with Crippen molar-refractivity contribution in [2.75, 3.05) is 4.90 Å². The number of benzene rings is 3. The Balaban J connectivity index is 1.64. The van der Waals surface area contributed by atoms with Crippen LogP contribution in [-0.2, 0) is 15.8 Å². The molecule has 1 amide bonds. The van der Waals surface area contributed by atoms with Gasteiger partial charge in [-0.25, -0.2) is 4.79 Å². The molecule has 0 spiro atoms. The van der Waals surface area contributed by atoms with Crippen LogP contribution in [-0.4, -0.2) is 17.6 Å². The van der Waals surface area contributed by atoms with Crippen LogP contribution < -0.4 is 4.90 Å². The molecule has 8 heteroatoms. The molecular weight excluding hydrogens is 397 g/mol. The van der Waals surface area contributed by atoms with Gasteiger partial charge in [0.25, 0.3) is 5.91 Å². The summed E-state index contributed by atoms with van der Waals surface area (Å²) in [6.45, 7) is 0. The molecule has 0 aliphatic carbocycles. The van der Waals surface area contributed by atoms with Crippen molar-refractivity contribution in [3.8, 4) is 0 Å². The SMILES string of the molecule is O=C(ON=C1C(=O)N(c2ccccc2)c2ccccc21)c1cccc(C(F)(F)F)c1. The molecule has 4 rings (SSSR count). The third-order valence-corrected chi connectivity index (χ3v) is 4.47. The van der Waals surface area contributed by atoms with Gasteiger partial charge < -0.3 is 4.84 Å². The van der Waals surface area contributed by atoms with E-state index in [1.54, 1.807) is 48.5 Å². The van der Waals surface area contributed by atoms with E-state index in [-0.39, 0.29) is 11.3 Å². The van der Waals surface area contributed by atoms with Crippen LogP contribution in [0.25, 0.3) is 0 Å². The lowest BCUT2D eigenvalue weighted by atomic mass is 10.1. The molecule has 1 aliphatic heterocycles. The predicted molar refractivity (Wildman–Crippen MR) is 103 cm³/mol. The first-order valence-electron chi connectivity index (χ1n) is 8.82. The topological polar surface area (TPSA) is 59.0 Å². The fourth-order valence-electron chi connectivity index (χ4n) is 3.08. The van der Waals surface area contributed by atoms with Crippen LogP contribution in [0.15, 0.2) is 84.0 Å². The van der Waals surface area contributed by atoms with Crippen molar-refractivity contribution in [3.05, 3.63) is 95.6 Å². The number of nitrogens with zero attached hydrogens (tertiary/aromatic N) is 2. The molecule has 0 N–H and O–H groups in total. The second-order valence-electron chi connectivity index (χ2n) is 6.39. The second-order valence-corrected chi connectivity index (χ2v) is 6.39. The van der Waals surface area contributed by atoms with Crippen LogP contribution in [0.2, 0.25) is 0 Å². The maximum Gasteiger partial charge on any atom is 0.416 e. The molecule has 0 aromatic heterocycles. The van der Waals surface area contributed by atoms with E-state index in [2.05, 4.69) is 5.16 Å². The van der Waals surface area contributed by atoms with Crippen molar-refractivity contribution < 1.29 is 27.6 Å². The maximum atomic E-state index is 13.0. The highest BCUT2D eigenvalue weighted by molar-refractivity contribution is 6.55. The first kappa shape index (κ1) is 19.4. The molecule has 0 unspecified atom stereocenters. The van der Waals surface area contributed by atoms with Crippen LogP contribution in [0.4, 0.5) is 24.5 Å². The van der Waals surface area contributed by atoms with E-state index in [1.807, 2.05) is 6.07 Å². The van der Waals surface area contributed by atoms with Gasteiger partial charge in [-0.1, -0.05) is 47.6 Å². The number of anilines is 2. The Morgan fingerprint density at radius 1 is 0.900 bits per heavy atom. The number of carbonyl (C=O) groups excluding carboxylic acids is 2. The molecule has 0 saturated carbocycles. The average molecular weight is 410 g/mol. The number of rotatable bonds is 3. The minimum atomic E-state index is -4.60. The van der Waals surface area contributed by atoms with Crippen molar-refractivity contribution in [3.63, 3.8) is 0 Å². The summed E-state index contributed by atoms with van der Waals surface area (Å²) in [7, 11) is 0. The van der Waals surface area contributed by atoms with Crippen molar-refractivity contribution in [2.45, 2.75) is 6.18 Å². The Morgan fingerprint density at radius 3 is 2.33 bits per heavy atom. The van der Waals surface area contributed by atoms with Crippen molar-refractivity contribution in [2.24, 2.45) is 5.16 Å². The highest BCUT2D eigenvalue weighted by atomic mass is 19.4. The molecule has 30 heavy (non-hydrogen) atoms. The Hall–Kier alpha value is -3.94.